The summed E-state index contributed by atoms with van der Waals surface area (Å²) in [6, 6.07) is 17.8. The first kappa shape index (κ1) is 27.3. The zero-order valence-electron chi connectivity index (χ0n) is 19.5. The minimum atomic E-state index is -3.88. The molecule has 0 spiro atoms. The molecule has 0 unspecified atom stereocenters. The maximum absolute atomic E-state index is 13.1. The molecule has 4 N–H and O–H groups in total. The number of hydrogen-bond donors (Lipinski definition) is 4. The van der Waals surface area contributed by atoms with E-state index in [2.05, 4.69) is 10.6 Å². The van der Waals surface area contributed by atoms with Gasteiger partial charge >= 0.3 is 5.97 Å². The summed E-state index contributed by atoms with van der Waals surface area (Å²) < 4.78 is 26.1. The second kappa shape index (κ2) is 12.1. The maximum Gasteiger partial charge on any atom is 0.325 e. The Kier molecular flexibility index (Phi) is 9.22. The average molecular weight is 531 g/mol. The molecular weight excluding hydrogens is 504 g/mol. The minimum absolute atomic E-state index is 0.0480. The van der Waals surface area contributed by atoms with Gasteiger partial charge < -0.3 is 20.8 Å². The fraction of sp³-hybridized carbons (Fsp3) is 0.231. The van der Waals surface area contributed by atoms with E-state index >= 15 is 0 Å². The molecule has 8 nitrogen and oxygen atoms in total. The van der Waals surface area contributed by atoms with Crippen molar-refractivity contribution in [3.05, 3.63) is 94.5 Å². The third kappa shape index (κ3) is 7.14. The van der Waals surface area contributed by atoms with Gasteiger partial charge in [-0.15, -0.1) is 0 Å². The number of carboxylic acids is 1. The SMILES string of the molecule is C[C@@H](NC(=O)c1cccc(S(=O)(=O)c2ccc(CCNC[C@H](O)c3cccc(Cl)c3)cc2)c1)C(=O)O. The number of halogens is 1. The Labute approximate surface area is 214 Å². The number of benzene rings is 3. The van der Waals surface area contributed by atoms with Crippen molar-refractivity contribution in [1.29, 1.82) is 0 Å². The molecule has 10 heteroatoms. The van der Waals surface area contributed by atoms with E-state index in [0.29, 0.717) is 24.5 Å². The van der Waals surface area contributed by atoms with Crippen LogP contribution in [0.1, 0.15) is 34.5 Å². The lowest BCUT2D eigenvalue weighted by atomic mass is 10.1. The number of aliphatic hydroxyl groups excluding tert-OH is 1. The van der Waals surface area contributed by atoms with Gasteiger partial charge in [0.25, 0.3) is 5.91 Å². The highest BCUT2D eigenvalue weighted by atomic mass is 35.5. The number of carbonyl (C=O) groups excluding carboxylic acids is 1. The molecule has 0 aliphatic heterocycles. The molecule has 0 aliphatic carbocycles. The van der Waals surface area contributed by atoms with E-state index in [4.69, 9.17) is 16.7 Å². The Balaban J connectivity index is 1.59. The summed E-state index contributed by atoms with van der Waals surface area (Å²) in [7, 11) is -3.88. The Morgan fingerprint density at radius 3 is 2.33 bits per heavy atom. The smallest absolute Gasteiger partial charge is 0.325 e. The normalized spacial score (nSPS) is 13.1. The summed E-state index contributed by atoms with van der Waals surface area (Å²) in [5.74, 6) is -1.87. The van der Waals surface area contributed by atoms with Crippen LogP contribution < -0.4 is 10.6 Å². The molecule has 2 atom stereocenters. The quantitative estimate of drug-likeness (QED) is 0.280. The molecule has 3 aromatic rings. The van der Waals surface area contributed by atoms with Gasteiger partial charge in [-0.05, 0) is 73.5 Å². The third-order valence-electron chi connectivity index (χ3n) is 5.52. The van der Waals surface area contributed by atoms with E-state index in [-0.39, 0.29) is 15.4 Å². The summed E-state index contributed by atoms with van der Waals surface area (Å²) in [4.78, 5) is 23.3. The maximum atomic E-state index is 13.1. The molecular formula is C26H27ClN2O6S. The second-order valence-corrected chi connectivity index (χ2v) is 10.6. The number of nitrogens with one attached hydrogen (secondary N) is 2. The van der Waals surface area contributed by atoms with Gasteiger partial charge in [0, 0.05) is 17.1 Å². The summed E-state index contributed by atoms with van der Waals surface area (Å²) in [6.07, 6.45) is -0.0681. The molecule has 0 fully saturated rings. The lowest BCUT2D eigenvalue weighted by Gasteiger charge is -2.13. The Bertz CT molecular complexity index is 1330. The highest BCUT2D eigenvalue weighted by Gasteiger charge is 2.21. The molecule has 190 valence electrons. The van der Waals surface area contributed by atoms with E-state index in [0.717, 1.165) is 11.1 Å². The molecule has 0 heterocycles. The first-order chi connectivity index (χ1) is 17.1. The van der Waals surface area contributed by atoms with E-state index < -0.39 is 33.9 Å². The molecule has 3 rings (SSSR count). The van der Waals surface area contributed by atoms with Gasteiger partial charge in [-0.25, -0.2) is 8.42 Å². The van der Waals surface area contributed by atoms with Crippen molar-refractivity contribution in [1.82, 2.24) is 10.6 Å². The predicted octanol–water partition coefficient (Wildman–Crippen LogP) is 3.24. The van der Waals surface area contributed by atoms with Crippen LogP contribution in [0.3, 0.4) is 0 Å². The summed E-state index contributed by atoms with van der Waals surface area (Å²) >= 11 is 5.95. The zero-order chi connectivity index (χ0) is 26.3. The van der Waals surface area contributed by atoms with Crippen LogP contribution in [-0.2, 0) is 21.1 Å². The van der Waals surface area contributed by atoms with Crippen molar-refractivity contribution in [3.8, 4) is 0 Å². The molecule has 1 amide bonds. The van der Waals surface area contributed by atoms with Gasteiger partial charge in [0.1, 0.15) is 6.04 Å². The van der Waals surface area contributed by atoms with Gasteiger partial charge in [0.05, 0.1) is 15.9 Å². The Morgan fingerprint density at radius 2 is 1.67 bits per heavy atom. The Hall–Kier alpha value is -3.24. The van der Waals surface area contributed by atoms with Crippen molar-refractivity contribution >= 4 is 33.3 Å². The molecule has 0 aromatic heterocycles. The van der Waals surface area contributed by atoms with Gasteiger partial charge in [-0.1, -0.05) is 41.9 Å². The van der Waals surface area contributed by atoms with Crippen LogP contribution in [-0.4, -0.2) is 49.6 Å². The van der Waals surface area contributed by atoms with E-state index in [1.54, 1.807) is 36.4 Å². The first-order valence-electron chi connectivity index (χ1n) is 11.2. The number of aliphatic hydroxyl groups is 1. The highest BCUT2D eigenvalue weighted by Crippen LogP contribution is 2.22. The molecule has 0 bridgehead atoms. The largest absolute Gasteiger partial charge is 0.480 e. The van der Waals surface area contributed by atoms with Gasteiger partial charge in [0.15, 0.2) is 0 Å². The lowest BCUT2D eigenvalue weighted by Crippen LogP contribution is -2.38. The molecule has 0 saturated heterocycles. The van der Waals surface area contributed by atoms with Crippen LogP contribution in [0.4, 0.5) is 0 Å². The van der Waals surface area contributed by atoms with Crippen molar-refractivity contribution in [2.45, 2.75) is 35.3 Å². The number of rotatable bonds is 11. The van der Waals surface area contributed by atoms with Crippen molar-refractivity contribution < 1.29 is 28.2 Å². The van der Waals surface area contributed by atoms with Crippen LogP contribution in [0.15, 0.2) is 82.6 Å². The number of carbonyl (C=O) groups is 2. The monoisotopic (exact) mass is 530 g/mol. The number of aliphatic carboxylic acids is 1. The summed E-state index contributed by atoms with van der Waals surface area (Å²) in [5.41, 5.74) is 1.68. The average Bonchev–Trinajstić information content (AvgIpc) is 2.86. The second-order valence-electron chi connectivity index (χ2n) is 8.23. The Morgan fingerprint density at radius 1 is 0.972 bits per heavy atom. The van der Waals surface area contributed by atoms with Crippen LogP contribution >= 0.6 is 11.6 Å². The number of amides is 1. The van der Waals surface area contributed by atoms with Crippen LogP contribution in [0, 0.1) is 0 Å². The van der Waals surface area contributed by atoms with Gasteiger partial charge in [-0.3, -0.25) is 9.59 Å². The van der Waals surface area contributed by atoms with E-state index in [9.17, 15) is 23.1 Å². The molecule has 0 aliphatic rings. The van der Waals surface area contributed by atoms with E-state index in [1.165, 1.54) is 43.3 Å². The molecule has 36 heavy (non-hydrogen) atoms. The van der Waals surface area contributed by atoms with Gasteiger partial charge in [0.2, 0.25) is 9.84 Å². The molecule has 3 aromatic carbocycles. The lowest BCUT2D eigenvalue weighted by molar-refractivity contribution is -0.138. The van der Waals surface area contributed by atoms with Crippen molar-refractivity contribution in [2.75, 3.05) is 13.1 Å². The fourth-order valence-electron chi connectivity index (χ4n) is 3.42. The number of carboxylic acid groups (broad SMARTS) is 1. The van der Waals surface area contributed by atoms with Crippen LogP contribution in [0.25, 0.3) is 0 Å². The summed E-state index contributed by atoms with van der Waals surface area (Å²) in [5, 5.41) is 25.2. The number of sulfone groups is 1. The molecule has 0 radical (unpaired) electrons. The summed E-state index contributed by atoms with van der Waals surface area (Å²) in [6.45, 7) is 2.25. The topological polar surface area (TPSA) is 133 Å². The first-order valence-corrected chi connectivity index (χ1v) is 13.1. The highest BCUT2D eigenvalue weighted by molar-refractivity contribution is 7.91. The van der Waals surface area contributed by atoms with Crippen molar-refractivity contribution in [2.24, 2.45) is 0 Å². The van der Waals surface area contributed by atoms with Crippen LogP contribution in [0.5, 0.6) is 0 Å². The van der Waals surface area contributed by atoms with E-state index in [1.807, 2.05) is 0 Å². The zero-order valence-corrected chi connectivity index (χ0v) is 21.1. The van der Waals surface area contributed by atoms with Crippen molar-refractivity contribution in [3.63, 3.8) is 0 Å². The third-order valence-corrected chi connectivity index (χ3v) is 7.52. The van der Waals surface area contributed by atoms with Crippen LogP contribution in [0.2, 0.25) is 5.02 Å². The molecule has 0 saturated carbocycles. The standard InChI is InChI=1S/C26H27ClN2O6S/c1-17(26(32)33)29-25(31)20-5-3-7-23(15-20)36(34,35)22-10-8-18(9-11-22)12-13-28-16-24(30)19-4-2-6-21(27)14-19/h2-11,14-15,17,24,28,30H,12-13,16H2,1H3,(H,29,31)(H,32,33)/t17-,24+/m1/s1. The number of hydrogen-bond acceptors (Lipinski definition) is 6. The minimum Gasteiger partial charge on any atom is -0.480 e. The fourth-order valence-corrected chi connectivity index (χ4v) is 4.93. The van der Waals surface area contributed by atoms with Gasteiger partial charge in [-0.2, -0.15) is 0 Å². The predicted molar refractivity (Wildman–Crippen MR) is 136 cm³/mol.